The molecule has 0 bridgehead atoms. The molecule has 4 nitrogen and oxygen atoms in total. The third-order valence-electron chi connectivity index (χ3n) is 2.22. The standard InChI is InChI=1S/C11H24N2O2/c1-9(2)11(4)13-15-6-5-12-7-10(3)8-14/h9-10,12,14H,5-8H2,1-4H3/b13-11+/t10-/m0/s1. The van der Waals surface area contributed by atoms with Crippen molar-refractivity contribution in [3.05, 3.63) is 0 Å². The normalized spacial score (nSPS) is 14.4. The highest BCUT2D eigenvalue weighted by molar-refractivity contribution is 5.83. The smallest absolute Gasteiger partial charge is 0.129 e. The third kappa shape index (κ3) is 8.39. The fourth-order valence-corrected chi connectivity index (χ4v) is 0.784. The lowest BCUT2D eigenvalue weighted by Gasteiger charge is -2.09. The minimum absolute atomic E-state index is 0.221. The lowest BCUT2D eigenvalue weighted by molar-refractivity contribution is 0.142. The quantitative estimate of drug-likeness (QED) is 0.365. The van der Waals surface area contributed by atoms with Crippen LogP contribution < -0.4 is 5.32 Å². The number of hydrogen-bond donors (Lipinski definition) is 2. The molecule has 4 heteroatoms. The molecular weight excluding hydrogens is 192 g/mol. The second kappa shape index (κ2) is 8.68. The number of nitrogens with one attached hydrogen (secondary N) is 1. The maximum Gasteiger partial charge on any atom is 0.129 e. The highest BCUT2D eigenvalue weighted by Gasteiger charge is 1.99. The van der Waals surface area contributed by atoms with Gasteiger partial charge >= 0.3 is 0 Å². The average molecular weight is 216 g/mol. The second-order valence-electron chi connectivity index (χ2n) is 4.21. The summed E-state index contributed by atoms with van der Waals surface area (Å²) < 4.78 is 0. The minimum atomic E-state index is 0.221. The van der Waals surface area contributed by atoms with Crippen LogP contribution in [0.2, 0.25) is 0 Å². The molecule has 0 heterocycles. The summed E-state index contributed by atoms with van der Waals surface area (Å²) in [5.41, 5.74) is 1.01. The van der Waals surface area contributed by atoms with Crippen molar-refractivity contribution in [2.24, 2.45) is 17.0 Å². The molecular formula is C11H24N2O2. The van der Waals surface area contributed by atoms with Gasteiger partial charge in [0.05, 0.1) is 5.71 Å². The number of aliphatic hydroxyl groups is 1. The van der Waals surface area contributed by atoms with Gasteiger partial charge in [0.15, 0.2) is 0 Å². The molecule has 0 saturated carbocycles. The van der Waals surface area contributed by atoms with Crippen LogP contribution in [0.4, 0.5) is 0 Å². The Morgan fingerprint density at radius 1 is 1.40 bits per heavy atom. The number of oxime groups is 1. The zero-order chi connectivity index (χ0) is 11.7. The summed E-state index contributed by atoms with van der Waals surface area (Å²) in [5, 5.41) is 16.0. The molecule has 0 aliphatic rings. The van der Waals surface area contributed by atoms with Crippen molar-refractivity contribution in [2.45, 2.75) is 27.7 Å². The van der Waals surface area contributed by atoms with Gasteiger partial charge in [-0.25, -0.2) is 0 Å². The number of rotatable bonds is 8. The fourth-order valence-electron chi connectivity index (χ4n) is 0.784. The summed E-state index contributed by atoms with van der Waals surface area (Å²) >= 11 is 0. The Bertz CT molecular complexity index is 181. The predicted molar refractivity (Wildman–Crippen MR) is 63.0 cm³/mol. The van der Waals surface area contributed by atoms with E-state index in [1.165, 1.54) is 0 Å². The van der Waals surface area contributed by atoms with Crippen molar-refractivity contribution in [1.29, 1.82) is 0 Å². The SMILES string of the molecule is C/C(=N\OCCNC[C@H](C)CO)C(C)C. The summed E-state index contributed by atoms with van der Waals surface area (Å²) in [4.78, 5) is 5.14. The molecule has 0 aromatic rings. The molecule has 0 aromatic carbocycles. The molecule has 0 rings (SSSR count). The molecule has 0 radical (unpaired) electrons. The van der Waals surface area contributed by atoms with Crippen LogP contribution in [0.15, 0.2) is 5.16 Å². The van der Waals surface area contributed by atoms with E-state index in [1.807, 2.05) is 13.8 Å². The first-order valence-electron chi connectivity index (χ1n) is 5.56. The zero-order valence-corrected chi connectivity index (χ0v) is 10.3. The molecule has 0 amide bonds. The molecule has 0 saturated heterocycles. The predicted octanol–water partition coefficient (Wildman–Crippen LogP) is 1.25. The zero-order valence-electron chi connectivity index (χ0n) is 10.3. The highest BCUT2D eigenvalue weighted by atomic mass is 16.6. The van der Waals surface area contributed by atoms with Crippen LogP contribution in [0, 0.1) is 11.8 Å². The first kappa shape index (κ1) is 14.4. The molecule has 2 N–H and O–H groups in total. The van der Waals surface area contributed by atoms with E-state index in [2.05, 4.69) is 24.3 Å². The van der Waals surface area contributed by atoms with Gasteiger partial charge in [0.1, 0.15) is 6.61 Å². The molecule has 15 heavy (non-hydrogen) atoms. The Hall–Kier alpha value is -0.610. The number of nitrogens with zero attached hydrogens (tertiary/aromatic N) is 1. The minimum Gasteiger partial charge on any atom is -0.396 e. The van der Waals surface area contributed by atoms with Gasteiger partial charge in [-0.3, -0.25) is 0 Å². The molecule has 90 valence electrons. The Balaban J connectivity index is 3.36. The maximum atomic E-state index is 8.78. The van der Waals surface area contributed by atoms with Crippen LogP contribution in [0.3, 0.4) is 0 Å². The van der Waals surface area contributed by atoms with Crippen LogP contribution in [0.5, 0.6) is 0 Å². The van der Waals surface area contributed by atoms with Crippen molar-refractivity contribution >= 4 is 5.71 Å². The van der Waals surface area contributed by atoms with Crippen molar-refractivity contribution in [1.82, 2.24) is 5.32 Å². The summed E-state index contributed by atoms with van der Waals surface area (Å²) in [7, 11) is 0. The van der Waals surface area contributed by atoms with Crippen molar-refractivity contribution in [2.75, 3.05) is 26.3 Å². The van der Waals surface area contributed by atoms with Gasteiger partial charge < -0.3 is 15.3 Å². The Kier molecular flexibility index (Phi) is 8.33. The average Bonchev–Trinajstić information content (AvgIpc) is 2.22. The molecule has 0 aliphatic heterocycles. The topological polar surface area (TPSA) is 53.8 Å². The largest absolute Gasteiger partial charge is 0.396 e. The van der Waals surface area contributed by atoms with Gasteiger partial charge in [0, 0.05) is 19.7 Å². The Labute approximate surface area is 92.7 Å². The van der Waals surface area contributed by atoms with Crippen molar-refractivity contribution < 1.29 is 9.94 Å². The second-order valence-corrected chi connectivity index (χ2v) is 4.21. The number of hydrogen-bond acceptors (Lipinski definition) is 4. The summed E-state index contributed by atoms with van der Waals surface area (Å²) in [5.74, 6) is 0.735. The van der Waals surface area contributed by atoms with Crippen LogP contribution in [-0.2, 0) is 4.84 Å². The summed E-state index contributed by atoms with van der Waals surface area (Å²) in [6, 6.07) is 0. The van der Waals surface area contributed by atoms with Crippen LogP contribution >= 0.6 is 0 Å². The maximum absolute atomic E-state index is 8.78. The van der Waals surface area contributed by atoms with Gasteiger partial charge in [0.2, 0.25) is 0 Å². The van der Waals surface area contributed by atoms with Gasteiger partial charge in [-0.15, -0.1) is 0 Å². The third-order valence-corrected chi connectivity index (χ3v) is 2.22. The lowest BCUT2D eigenvalue weighted by atomic mass is 10.1. The van der Waals surface area contributed by atoms with Gasteiger partial charge in [-0.05, 0) is 18.8 Å². The van der Waals surface area contributed by atoms with Crippen LogP contribution in [-0.4, -0.2) is 37.1 Å². The Morgan fingerprint density at radius 2 is 2.07 bits per heavy atom. The van der Waals surface area contributed by atoms with Gasteiger partial charge in [-0.1, -0.05) is 25.9 Å². The molecule has 0 spiro atoms. The van der Waals surface area contributed by atoms with Crippen molar-refractivity contribution in [3.63, 3.8) is 0 Å². The summed E-state index contributed by atoms with van der Waals surface area (Å²) in [6.07, 6.45) is 0. The highest BCUT2D eigenvalue weighted by Crippen LogP contribution is 1.96. The van der Waals surface area contributed by atoms with E-state index >= 15 is 0 Å². The number of aliphatic hydroxyl groups excluding tert-OH is 1. The van der Waals surface area contributed by atoms with Crippen LogP contribution in [0.1, 0.15) is 27.7 Å². The van der Waals surface area contributed by atoms with Crippen LogP contribution in [0.25, 0.3) is 0 Å². The van der Waals surface area contributed by atoms with Crippen molar-refractivity contribution in [3.8, 4) is 0 Å². The molecule has 0 unspecified atom stereocenters. The molecule has 0 aromatic heterocycles. The van der Waals surface area contributed by atoms with Gasteiger partial charge in [0.25, 0.3) is 0 Å². The van der Waals surface area contributed by atoms with Gasteiger partial charge in [-0.2, -0.15) is 0 Å². The van der Waals surface area contributed by atoms with E-state index in [-0.39, 0.29) is 6.61 Å². The lowest BCUT2D eigenvalue weighted by Crippen LogP contribution is -2.26. The van der Waals surface area contributed by atoms with E-state index in [1.54, 1.807) is 0 Å². The van der Waals surface area contributed by atoms with E-state index in [9.17, 15) is 0 Å². The van der Waals surface area contributed by atoms with E-state index in [0.29, 0.717) is 18.4 Å². The summed E-state index contributed by atoms with van der Waals surface area (Å²) in [6.45, 7) is 10.5. The first-order valence-corrected chi connectivity index (χ1v) is 5.56. The van der Waals surface area contributed by atoms with E-state index < -0.39 is 0 Å². The molecule has 0 fully saturated rings. The Morgan fingerprint density at radius 3 is 2.60 bits per heavy atom. The first-order chi connectivity index (χ1) is 7.07. The molecule has 0 aliphatic carbocycles. The monoisotopic (exact) mass is 216 g/mol. The fraction of sp³-hybridized carbons (Fsp3) is 0.909. The van der Waals surface area contributed by atoms with E-state index in [4.69, 9.17) is 9.94 Å². The van der Waals surface area contributed by atoms with E-state index in [0.717, 1.165) is 18.8 Å². The molecule has 1 atom stereocenters.